The van der Waals surface area contributed by atoms with Crippen LogP contribution in [0.5, 0.6) is 17.2 Å². The Morgan fingerprint density at radius 2 is 2.00 bits per heavy atom. The van der Waals surface area contributed by atoms with E-state index in [1.54, 1.807) is 12.1 Å². The van der Waals surface area contributed by atoms with Gasteiger partial charge < -0.3 is 18.9 Å². The monoisotopic (exact) mass is 296 g/mol. The van der Waals surface area contributed by atoms with Crippen molar-refractivity contribution in [3.05, 3.63) is 53.1 Å². The molecule has 0 saturated heterocycles. The summed E-state index contributed by atoms with van der Waals surface area (Å²) in [6, 6.07) is 11.0. The number of carbonyl (C=O) groups is 1. The third kappa shape index (κ3) is 1.90. The van der Waals surface area contributed by atoms with E-state index >= 15 is 0 Å². The quantitative estimate of drug-likeness (QED) is 0.797. The maximum absolute atomic E-state index is 12.0. The number of fused-ring (bicyclic) bond motifs is 2. The van der Waals surface area contributed by atoms with Gasteiger partial charge in [-0.2, -0.15) is 0 Å². The highest BCUT2D eigenvalue weighted by Gasteiger charge is 2.30. The average Bonchev–Trinajstić information content (AvgIpc) is 3.12. The number of hydrogen-bond donors (Lipinski definition) is 0. The molecule has 0 aromatic heterocycles. The van der Waals surface area contributed by atoms with Crippen LogP contribution in [0.3, 0.4) is 0 Å². The molecule has 5 heteroatoms. The topological polar surface area (TPSA) is 54.0 Å². The largest absolute Gasteiger partial charge is 0.496 e. The van der Waals surface area contributed by atoms with Crippen molar-refractivity contribution in [1.82, 2.24) is 0 Å². The lowest BCUT2D eigenvalue weighted by molar-refractivity contribution is 0.0714. The summed E-state index contributed by atoms with van der Waals surface area (Å²) in [5.74, 6) is 2.01. The van der Waals surface area contributed by atoms with Gasteiger partial charge >= 0.3 is 5.97 Å². The molecular formula is C17H12O5. The molecule has 2 aromatic rings. The summed E-state index contributed by atoms with van der Waals surface area (Å²) in [5.41, 5.74) is 2.04. The number of benzene rings is 2. The Kier molecular flexibility index (Phi) is 2.79. The van der Waals surface area contributed by atoms with Crippen LogP contribution in [-0.2, 0) is 4.74 Å². The van der Waals surface area contributed by atoms with Crippen molar-refractivity contribution in [2.24, 2.45) is 0 Å². The second kappa shape index (κ2) is 4.80. The minimum atomic E-state index is -0.403. The number of carbonyl (C=O) groups excluding carboxylic acids is 1. The molecule has 0 bridgehead atoms. The summed E-state index contributed by atoms with van der Waals surface area (Å²) >= 11 is 0. The molecule has 0 saturated carbocycles. The molecule has 2 heterocycles. The number of methoxy groups -OCH3 is 1. The van der Waals surface area contributed by atoms with Gasteiger partial charge in [0.15, 0.2) is 11.5 Å². The summed E-state index contributed by atoms with van der Waals surface area (Å²) in [6.45, 7) is 0.227. The minimum absolute atomic E-state index is 0.227. The van der Waals surface area contributed by atoms with E-state index in [9.17, 15) is 4.79 Å². The van der Waals surface area contributed by atoms with Gasteiger partial charge in [-0.1, -0.05) is 18.2 Å². The van der Waals surface area contributed by atoms with Crippen LogP contribution in [0, 0.1) is 0 Å². The van der Waals surface area contributed by atoms with Crippen LogP contribution in [0.15, 0.2) is 36.4 Å². The first-order valence-corrected chi connectivity index (χ1v) is 6.77. The number of esters is 1. The zero-order valence-corrected chi connectivity index (χ0v) is 11.8. The van der Waals surface area contributed by atoms with Gasteiger partial charge in [-0.15, -0.1) is 0 Å². The Bertz CT molecular complexity index is 807. The molecule has 4 rings (SSSR count). The highest BCUT2D eigenvalue weighted by molar-refractivity contribution is 6.07. The molecule has 0 fully saturated rings. The molecule has 0 unspecified atom stereocenters. The minimum Gasteiger partial charge on any atom is -0.496 e. The van der Waals surface area contributed by atoms with E-state index in [1.807, 2.05) is 30.3 Å². The van der Waals surface area contributed by atoms with Crippen LogP contribution in [0.2, 0.25) is 0 Å². The molecule has 0 spiro atoms. The van der Waals surface area contributed by atoms with E-state index in [1.165, 1.54) is 7.11 Å². The number of rotatable bonds is 2. The Hall–Kier alpha value is -2.95. The lowest BCUT2D eigenvalue weighted by atomic mass is 10.1. The summed E-state index contributed by atoms with van der Waals surface area (Å²) in [5, 5.41) is 0. The van der Waals surface area contributed by atoms with Crippen LogP contribution in [-0.4, -0.2) is 19.9 Å². The highest BCUT2D eigenvalue weighted by atomic mass is 16.7. The Balaban J connectivity index is 1.78. The van der Waals surface area contributed by atoms with Crippen LogP contribution >= 0.6 is 0 Å². The van der Waals surface area contributed by atoms with Gasteiger partial charge in [0, 0.05) is 5.56 Å². The molecule has 0 radical (unpaired) electrons. The van der Waals surface area contributed by atoms with Crippen LogP contribution < -0.4 is 14.2 Å². The van der Waals surface area contributed by atoms with Gasteiger partial charge in [-0.25, -0.2) is 4.79 Å². The van der Waals surface area contributed by atoms with Gasteiger partial charge in [0.2, 0.25) is 6.79 Å². The van der Waals surface area contributed by atoms with Crippen molar-refractivity contribution in [3.63, 3.8) is 0 Å². The second-order valence-electron chi connectivity index (χ2n) is 4.89. The van der Waals surface area contributed by atoms with Crippen LogP contribution in [0.25, 0.3) is 11.8 Å². The smallest absolute Gasteiger partial charge is 0.348 e. The Morgan fingerprint density at radius 3 is 2.86 bits per heavy atom. The summed E-state index contributed by atoms with van der Waals surface area (Å²) in [6.07, 6.45) is 1.80. The van der Waals surface area contributed by atoms with E-state index in [4.69, 9.17) is 18.9 Å². The molecular weight excluding hydrogens is 284 g/mol. The van der Waals surface area contributed by atoms with Crippen molar-refractivity contribution >= 4 is 17.8 Å². The first kappa shape index (κ1) is 12.8. The SMILES string of the molecule is COc1cccc2c1C(=O)O/C2=C\c1ccc2c(c1)OCO2. The van der Waals surface area contributed by atoms with Gasteiger partial charge in [-0.05, 0) is 29.8 Å². The summed E-state index contributed by atoms with van der Waals surface area (Å²) in [7, 11) is 1.53. The Labute approximate surface area is 126 Å². The van der Waals surface area contributed by atoms with E-state index < -0.39 is 5.97 Å². The normalized spacial score (nSPS) is 16.6. The lowest BCUT2D eigenvalue weighted by Gasteiger charge is -2.03. The summed E-state index contributed by atoms with van der Waals surface area (Å²) < 4.78 is 21.2. The zero-order valence-electron chi connectivity index (χ0n) is 11.8. The van der Waals surface area contributed by atoms with Crippen molar-refractivity contribution < 1.29 is 23.7 Å². The number of hydrogen-bond acceptors (Lipinski definition) is 5. The molecule has 2 aliphatic heterocycles. The third-order valence-corrected chi connectivity index (χ3v) is 3.61. The van der Waals surface area contributed by atoms with Crippen molar-refractivity contribution in [2.75, 3.05) is 13.9 Å². The first-order chi connectivity index (χ1) is 10.8. The van der Waals surface area contributed by atoms with E-state index in [0.29, 0.717) is 28.6 Å². The van der Waals surface area contributed by atoms with Gasteiger partial charge in [-0.3, -0.25) is 0 Å². The van der Waals surface area contributed by atoms with Crippen LogP contribution in [0.1, 0.15) is 21.5 Å². The Morgan fingerprint density at radius 1 is 1.14 bits per heavy atom. The molecule has 0 N–H and O–H groups in total. The fourth-order valence-corrected chi connectivity index (χ4v) is 2.58. The first-order valence-electron chi connectivity index (χ1n) is 6.77. The molecule has 0 atom stereocenters. The molecule has 2 aromatic carbocycles. The molecule has 2 aliphatic rings. The number of ether oxygens (including phenoxy) is 4. The predicted molar refractivity (Wildman–Crippen MR) is 78.8 cm³/mol. The van der Waals surface area contributed by atoms with E-state index in [-0.39, 0.29) is 6.79 Å². The second-order valence-corrected chi connectivity index (χ2v) is 4.89. The fourth-order valence-electron chi connectivity index (χ4n) is 2.58. The van der Waals surface area contributed by atoms with Crippen molar-refractivity contribution in [2.45, 2.75) is 0 Å². The maximum atomic E-state index is 12.0. The zero-order chi connectivity index (χ0) is 15.1. The lowest BCUT2D eigenvalue weighted by Crippen LogP contribution is -1.97. The van der Waals surface area contributed by atoms with Crippen molar-refractivity contribution in [1.29, 1.82) is 0 Å². The van der Waals surface area contributed by atoms with Crippen molar-refractivity contribution in [3.8, 4) is 17.2 Å². The highest BCUT2D eigenvalue weighted by Crippen LogP contribution is 2.38. The maximum Gasteiger partial charge on any atom is 0.348 e. The number of cyclic esters (lactones) is 1. The molecule has 0 aliphatic carbocycles. The van der Waals surface area contributed by atoms with Gasteiger partial charge in [0.1, 0.15) is 17.1 Å². The predicted octanol–water partition coefficient (Wildman–Crippen LogP) is 3.09. The summed E-state index contributed by atoms with van der Waals surface area (Å²) in [4.78, 5) is 12.0. The molecule has 0 amide bonds. The van der Waals surface area contributed by atoms with Gasteiger partial charge in [0.05, 0.1) is 7.11 Å². The molecule has 5 nitrogen and oxygen atoms in total. The van der Waals surface area contributed by atoms with E-state index in [0.717, 1.165) is 11.1 Å². The third-order valence-electron chi connectivity index (χ3n) is 3.61. The average molecular weight is 296 g/mol. The molecule has 110 valence electrons. The fraction of sp³-hybridized carbons (Fsp3) is 0.118. The molecule has 22 heavy (non-hydrogen) atoms. The standard InChI is InChI=1S/C17H12O5/c1-19-13-4-2-3-11-14(22-17(18)16(11)13)7-10-5-6-12-15(8-10)21-9-20-12/h2-8H,9H2,1H3/b14-7-. The van der Waals surface area contributed by atoms with Gasteiger partial charge in [0.25, 0.3) is 0 Å². The van der Waals surface area contributed by atoms with Crippen LogP contribution in [0.4, 0.5) is 0 Å². The van der Waals surface area contributed by atoms with E-state index in [2.05, 4.69) is 0 Å².